The summed E-state index contributed by atoms with van der Waals surface area (Å²) in [5, 5.41) is 0. The first kappa shape index (κ1) is 15.6. The SMILES string of the molecule is O=S(=O)(c1ccccc1CCl)N(CC(F)(F)F)C1CC1. The van der Waals surface area contributed by atoms with Crippen LogP contribution in [0.15, 0.2) is 29.2 Å². The lowest BCUT2D eigenvalue weighted by molar-refractivity contribution is -0.137. The van der Waals surface area contributed by atoms with Crippen molar-refractivity contribution < 1.29 is 21.6 Å². The number of hydrogen-bond acceptors (Lipinski definition) is 2. The molecule has 0 bridgehead atoms. The van der Waals surface area contributed by atoms with Gasteiger partial charge in [0.05, 0.1) is 4.90 Å². The lowest BCUT2D eigenvalue weighted by atomic mass is 10.2. The Bertz CT molecular complexity index is 585. The van der Waals surface area contributed by atoms with Gasteiger partial charge in [-0.1, -0.05) is 18.2 Å². The van der Waals surface area contributed by atoms with Gasteiger partial charge >= 0.3 is 6.18 Å². The van der Waals surface area contributed by atoms with Crippen molar-refractivity contribution in [2.24, 2.45) is 0 Å². The van der Waals surface area contributed by atoms with E-state index >= 15 is 0 Å². The second-order valence-electron chi connectivity index (χ2n) is 4.64. The second-order valence-corrected chi connectivity index (χ2v) is 6.76. The molecule has 0 heterocycles. The van der Waals surface area contributed by atoms with Crippen LogP contribution in [0.4, 0.5) is 13.2 Å². The predicted molar refractivity (Wildman–Crippen MR) is 69.0 cm³/mol. The van der Waals surface area contributed by atoms with E-state index in [2.05, 4.69) is 0 Å². The summed E-state index contributed by atoms with van der Waals surface area (Å²) in [6.45, 7) is -1.46. The van der Waals surface area contributed by atoms with Crippen LogP contribution in [0.2, 0.25) is 0 Å². The van der Waals surface area contributed by atoms with Crippen molar-refractivity contribution in [2.45, 2.75) is 35.8 Å². The Morgan fingerprint density at radius 3 is 2.35 bits per heavy atom. The van der Waals surface area contributed by atoms with E-state index in [0.29, 0.717) is 22.7 Å². The molecule has 3 nitrogen and oxygen atoms in total. The van der Waals surface area contributed by atoms with Crippen LogP contribution in [0.5, 0.6) is 0 Å². The quantitative estimate of drug-likeness (QED) is 0.779. The van der Waals surface area contributed by atoms with Crippen molar-refractivity contribution in [3.05, 3.63) is 29.8 Å². The fourth-order valence-electron chi connectivity index (χ4n) is 1.94. The maximum atomic E-state index is 12.6. The Balaban J connectivity index is 2.40. The molecule has 1 saturated carbocycles. The minimum atomic E-state index is -4.56. The highest BCUT2D eigenvalue weighted by molar-refractivity contribution is 7.89. The molecule has 20 heavy (non-hydrogen) atoms. The van der Waals surface area contributed by atoms with E-state index in [0.717, 1.165) is 0 Å². The zero-order chi connectivity index (χ0) is 15.0. The summed E-state index contributed by atoms with van der Waals surface area (Å²) in [5.74, 6) is -0.0695. The van der Waals surface area contributed by atoms with Crippen molar-refractivity contribution >= 4 is 21.6 Å². The molecule has 1 aromatic carbocycles. The van der Waals surface area contributed by atoms with Gasteiger partial charge in [0.15, 0.2) is 0 Å². The minimum Gasteiger partial charge on any atom is -0.207 e. The van der Waals surface area contributed by atoms with Gasteiger partial charge in [-0.3, -0.25) is 0 Å². The highest BCUT2D eigenvalue weighted by Gasteiger charge is 2.45. The minimum absolute atomic E-state index is 0.0695. The van der Waals surface area contributed by atoms with Crippen LogP contribution in [-0.4, -0.2) is 31.5 Å². The van der Waals surface area contributed by atoms with Crippen molar-refractivity contribution in [3.63, 3.8) is 0 Å². The molecule has 1 aliphatic rings. The number of nitrogens with zero attached hydrogens (tertiary/aromatic N) is 1. The zero-order valence-corrected chi connectivity index (χ0v) is 12.0. The Morgan fingerprint density at radius 1 is 1.25 bits per heavy atom. The number of halogens is 4. The molecule has 0 amide bonds. The first-order valence-corrected chi connectivity index (χ1v) is 7.95. The summed E-state index contributed by atoms with van der Waals surface area (Å²) < 4.78 is 63.2. The lowest BCUT2D eigenvalue weighted by Gasteiger charge is -2.24. The topological polar surface area (TPSA) is 37.4 Å². The Kier molecular flexibility index (Phi) is 4.32. The molecule has 0 radical (unpaired) electrons. The van der Waals surface area contributed by atoms with E-state index < -0.39 is 28.8 Å². The van der Waals surface area contributed by atoms with Gasteiger partial charge in [0, 0.05) is 11.9 Å². The fraction of sp³-hybridized carbons (Fsp3) is 0.500. The molecular weight excluding hydrogens is 315 g/mol. The van der Waals surface area contributed by atoms with Gasteiger partial charge in [-0.15, -0.1) is 11.6 Å². The molecule has 1 aromatic rings. The highest BCUT2D eigenvalue weighted by Crippen LogP contribution is 2.35. The molecule has 0 aliphatic heterocycles. The van der Waals surface area contributed by atoms with Gasteiger partial charge in [0.2, 0.25) is 10.0 Å². The maximum Gasteiger partial charge on any atom is 0.402 e. The monoisotopic (exact) mass is 327 g/mol. The number of rotatable bonds is 5. The number of hydrogen-bond donors (Lipinski definition) is 0. The highest BCUT2D eigenvalue weighted by atomic mass is 35.5. The molecule has 0 spiro atoms. The Labute approximate surface area is 120 Å². The Morgan fingerprint density at radius 2 is 1.85 bits per heavy atom. The number of sulfonamides is 1. The van der Waals surface area contributed by atoms with Gasteiger partial charge < -0.3 is 0 Å². The van der Waals surface area contributed by atoms with Crippen molar-refractivity contribution in [1.29, 1.82) is 0 Å². The van der Waals surface area contributed by atoms with Crippen LogP contribution in [0.25, 0.3) is 0 Å². The summed E-state index contributed by atoms with van der Waals surface area (Å²) in [6, 6.07) is 5.30. The van der Waals surface area contributed by atoms with Gasteiger partial charge in [0.1, 0.15) is 6.54 Å². The second kappa shape index (κ2) is 5.54. The molecular formula is C12H13ClF3NO2S. The van der Waals surface area contributed by atoms with Crippen LogP contribution < -0.4 is 0 Å². The maximum absolute atomic E-state index is 12.6. The average Bonchev–Trinajstić information content (AvgIpc) is 3.19. The standard InChI is InChI=1S/C12H13ClF3NO2S/c13-7-9-3-1-2-4-11(9)20(18,19)17(10-5-6-10)8-12(14,15)16/h1-4,10H,5-8H2. The molecule has 0 N–H and O–H groups in total. The largest absolute Gasteiger partial charge is 0.402 e. The van der Waals surface area contributed by atoms with Crippen LogP contribution in [0.1, 0.15) is 18.4 Å². The van der Waals surface area contributed by atoms with Crippen molar-refractivity contribution in [1.82, 2.24) is 4.31 Å². The summed E-state index contributed by atoms with van der Waals surface area (Å²) >= 11 is 5.67. The first-order valence-electron chi connectivity index (χ1n) is 5.98. The number of alkyl halides is 4. The van der Waals surface area contributed by atoms with Gasteiger partial charge in [0.25, 0.3) is 0 Å². The van der Waals surface area contributed by atoms with E-state index in [1.807, 2.05) is 0 Å². The molecule has 0 atom stereocenters. The van der Waals surface area contributed by atoms with Gasteiger partial charge in [-0.05, 0) is 24.5 Å². The molecule has 0 saturated heterocycles. The van der Waals surface area contributed by atoms with E-state index in [9.17, 15) is 21.6 Å². The summed E-state index contributed by atoms with van der Waals surface area (Å²) in [4.78, 5) is -0.147. The van der Waals surface area contributed by atoms with E-state index in [4.69, 9.17) is 11.6 Å². The third kappa shape index (κ3) is 3.45. The summed E-state index contributed by atoms with van der Waals surface area (Å²) in [7, 11) is -4.18. The third-order valence-electron chi connectivity index (χ3n) is 2.99. The fourth-order valence-corrected chi connectivity index (χ4v) is 4.15. The number of benzene rings is 1. The van der Waals surface area contributed by atoms with E-state index in [1.165, 1.54) is 18.2 Å². The third-order valence-corrected chi connectivity index (χ3v) is 5.28. The molecule has 2 rings (SSSR count). The summed E-state index contributed by atoms with van der Waals surface area (Å²) in [5.41, 5.74) is 0.307. The molecule has 0 aromatic heterocycles. The van der Waals surface area contributed by atoms with Crippen LogP contribution >= 0.6 is 11.6 Å². The Hall–Kier alpha value is -0.790. The van der Waals surface area contributed by atoms with Crippen LogP contribution in [0, 0.1) is 0 Å². The average molecular weight is 328 g/mol. The molecule has 1 fully saturated rings. The molecule has 112 valence electrons. The first-order chi connectivity index (χ1) is 9.25. The lowest BCUT2D eigenvalue weighted by Crippen LogP contribution is -2.40. The zero-order valence-electron chi connectivity index (χ0n) is 10.4. The van der Waals surface area contributed by atoms with Crippen molar-refractivity contribution in [3.8, 4) is 0 Å². The smallest absolute Gasteiger partial charge is 0.207 e. The van der Waals surface area contributed by atoms with E-state index in [-0.39, 0.29) is 10.8 Å². The van der Waals surface area contributed by atoms with Crippen LogP contribution in [-0.2, 0) is 15.9 Å². The molecule has 8 heteroatoms. The van der Waals surface area contributed by atoms with E-state index in [1.54, 1.807) is 6.07 Å². The van der Waals surface area contributed by atoms with Gasteiger partial charge in [-0.2, -0.15) is 17.5 Å². The predicted octanol–water partition coefficient (Wildman–Crippen LogP) is 3.14. The molecule has 1 aliphatic carbocycles. The summed E-state index contributed by atoms with van der Waals surface area (Å²) in [6.07, 6.45) is -3.65. The normalized spacial score (nSPS) is 16.6. The van der Waals surface area contributed by atoms with Gasteiger partial charge in [-0.25, -0.2) is 8.42 Å². The molecule has 0 unspecified atom stereocenters. The van der Waals surface area contributed by atoms with Crippen LogP contribution in [0.3, 0.4) is 0 Å². The van der Waals surface area contributed by atoms with Crippen molar-refractivity contribution in [2.75, 3.05) is 6.54 Å².